The molecule has 6 nitrogen and oxygen atoms in total. The Morgan fingerprint density at radius 2 is 1.69 bits per heavy atom. The van der Waals surface area contributed by atoms with Crippen LogP contribution in [0.2, 0.25) is 0 Å². The molecule has 0 unspecified atom stereocenters. The van der Waals surface area contributed by atoms with Gasteiger partial charge in [-0.2, -0.15) is 0 Å². The minimum atomic E-state index is -1.17. The first-order valence-corrected chi connectivity index (χ1v) is 11.4. The van der Waals surface area contributed by atoms with Gasteiger partial charge in [-0.05, 0) is 48.4 Å². The van der Waals surface area contributed by atoms with Gasteiger partial charge in [0, 0.05) is 5.56 Å². The number of hydrogen-bond donors (Lipinski definition) is 1. The topological polar surface area (TPSA) is 75.7 Å². The molecular formula is C26H30N2O4. The number of rotatable bonds is 7. The van der Waals surface area contributed by atoms with Crippen LogP contribution in [0.1, 0.15) is 72.9 Å². The van der Waals surface area contributed by atoms with E-state index in [4.69, 9.17) is 4.74 Å². The number of ether oxygens (including phenoxy) is 1. The number of urea groups is 1. The molecule has 32 heavy (non-hydrogen) atoms. The molecular weight excluding hydrogens is 404 g/mol. The van der Waals surface area contributed by atoms with Gasteiger partial charge in [-0.1, -0.05) is 62.6 Å². The normalized spacial score (nSPS) is 21.5. The number of nitrogens with one attached hydrogen (secondary N) is 1. The molecule has 1 atom stereocenters. The molecule has 1 saturated heterocycles. The quantitative estimate of drug-likeness (QED) is 0.502. The van der Waals surface area contributed by atoms with E-state index in [9.17, 15) is 14.4 Å². The highest BCUT2D eigenvalue weighted by molar-refractivity contribution is 6.11. The van der Waals surface area contributed by atoms with Crippen LogP contribution in [0.5, 0.6) is 5.75 Å². The molecule has 2 aromatic carbocycles. The van der Waals surface area contributed by atoms with Crippen molar-refractivity contribution in [1.82, 2.24) is 10.2 Å². The van der Waals surface area contributed by atoms with Crippen molar-refractivity contribution in [2.45, 2.75) is 56.9 Å². The van der Waals surface area contributed by atoms with E-state index in [-0.39, 0.29) is 12.3 Å². The van der Waals surface area contributed by atoms with Crippen LogP contribution in [0.4, 0.5) is 4.79 Å². The Kier molecular flexibility index (Phi) is 6.31. The zero-order chi connectivity index (χ0) is 22.7. The summed E-state index contributed by atoms with van der Waals surface area (Å²) in [6, 6.07) is 14.2. The van der Waals surface area contributed by atoms with Crippen LogP contribution < -0.4 is 10.1 Å². The standard InChI is InChI=1S/C26H30N2O4/c1-3-26(21-13-15-22(32-2)16-14-21)24(30)28(25(31)27-26)17-23(29)20-11-9-19(10-12-20)18-7-5-4-6-8-18/h9-16,18H,3-8,17H2,1-2H3,(H,27,31)/t26-/m1/s1. The van der Waals surface area contributed by atoms with E-state index in [1.54, 1.807) is 31.4 Å². The van der Waals surface area contributed by atoms with Crippen molar-refractivity contribution in [3.63, 3.8) is 0 Å². The molecule has 4 rings (SSSR count). The maximum atomic E-state index is 13.3. The summed E-state index contributed by atoms with van der Waals surface area (Å²) in [4.78, 5) is 40.0. The fourth-order valence-corrected chi connectivity index (χ4v) is 4.90. The predicted octanol–water partition coefficient (Wildman–Crippen LogP) is 4.78. The van der Waals surface area contributed by atoms with Crippen molar-refractivity contribution in [2.24, 2.45) is 0 Å². The van der Waals surface area contributed by atoms with Crippen LogP contribution in [-0.4, -0.2) is 36.3 Å². The Bertz CT molecular complexity index is 993. The number of benzene rings is 2. The van der Waals surface area contributed by atoms with Crippen molar-refractivity contribution in [3.8, 4) is 5.75 Å². The molecule has 2 aliphatic rings. The van der Waals surface area contributed by atoms with Crippen molar-refractivity contribution >= 4 is 17.7 Å². The lowest BCUT2D eigenvalue weighted by Gasteiger charge is -2.26. The van der Waals surface area contributed by atoms with E-state index in [1.807, 2.05) is 31.2 Å². The second kappa shape index (κ2) is 9.15. The second-order valence-electron chi connectivity index (χ2n) is 8.69. The number of ketones is 1. The Morgan fingerprint density at radius 1 is 1.03 bits per heavy atom. The first-order valence-electron chi connectivity index (χ1n) is 11.4. The van der Waals surface area contributed by atoms with Crippen molar-refractivity contribution in [1.29, 1.82) is 0 Å². The van der Waals surface area contributed by atoms with Gasteiger partial charge in [-0.15, -0.1) is 0 Å². The van der Waals surface area contributed by atoms with Crippen molar-refractivity contribution in [3.05, 3.63) is 65.2 Å². The summed E-state index contributed by atoms with van der Waals surface area (Å²) in [6.07, 6.45) is 6.58. The lowest BCUT2D eigenvalue weighted by Crippen LogP contribution is -2.43. The van der Waals surface area contributed by atoms with Gasteiger partial charge < -0.3 is 10.1 Å². The van der Waals surface area contributed by atoms with Gasteiger partial charge in [0.05, 0.1) is 13.7 Å². The van der Waals surface area contributed by atoms with E-state index in [0.717, 1.165) is 4.90 Å². The van der Waals surface area contributed by atoms with Gasteiger partial charge in [0.15, 0.2) is 5.78 Å². The Labute approximate surface area is 188 Å². The molecule has 1 aliphatic carbocycles. The molecule has 168 valence electrons. The Morgan fingerprint density at radius 3 is 2.28 bits per heavy atom. The number of hydrogen-bond acceptors (Lipinski definition) is 4. The molecule has 3 amide bonds. The second-order valence-corrected chi connectivity index (χ2v) is 8.69. The van der Waals surface area contributed by atoms with E-state index < -0.39 is 17.5 Å². The number of methoxy groups -OCH3 is 1. The molecule has 1 saturated carbocycles. The highest BCUT2D eigenvalue weighted by atomic mass is 16.5. The minimum absolute atomic E-state index is 0.245. The third kappa shape index (κ3) is 4.01. The first-order chi connectivity index (χ1) is 15.5. The number of carbonyl (C=O) groups excluding carboxylic acids is 3. The fourth-order valence-electron chi connectivity index (χ4n) is 4.90. The zero-order valence-corrected chi connectivity index (χ0v) is 18.7. The summed E-state index contributed by atoms with van der Waals surface area (Å²) in [6.45, 7) is 1.57. The van der Waals surface area contributed by atoms with Gasteiger partial charge in [0.25, 0.3) is 5.91 Å². The van der Waals surface area contributed by atoms with E-state index in [2.05, 4.69) is 5.32 Å². The third-order valence-corrected chi connectivity index (χ3v) is 6.90. The first kappa shape index (κ1) is 22.1. The molecule has 1 heterocycles. The monoisotopic (exact) mass is 434 g/mol. The third-order valence-electron chi connectivity index (χ3n) is 6.90. The fraction of sp³-hybridized carbons (Fsp3) is 0.423. The average Bonchev–Trinajstić information content (AvgIpc) is 3.09. The summed E-state index contributed by atoms with van der Waals surface area (Å²) in [5, 5.41) is 2.82. The highest BCUT2D eigenvalue weighted by Crippen LogP contribution is 2.34. The summed E-state index contributed by atoms with van der Waals surface area (Å²) < 4.78 is 5.19. The molecule has 1 aliphatic heterocycles. The van der Waals surface area contributed by atoms with Crippen molar-refractivity contribution < 1.29 is 19.1 Å². The number of amides is 3. The number of nitrogens with zero attached hydrogens (tertiary/aromatic N) is 1. The maximum Gasteiger partial charge on any atom is 0.325 e. The molecule has 0 radical (unpaired) electrons. The SMILES string of the molecule is CC[C@]1(c2ccc(OC)cc2)NC(=O)N(CC(=O)c2ccc(C3CCCCC3)cc2)C1=O. The van der Waals surface area contributed by atoms with Crippen LogP contribution in [0.25, 0.3) is 0 Å². The van der Waals surface area contributed by atoms with Gasteiger partial charge in [-0.25, -0.2) is 4.79 Å². The van der Waals surface area contributed by atoms with Gasteiger partial charge in [-0.3, -0.25) is 14.5 Å². The number of carbonyl (C=O) groups is 3. The maximum absolute atomic E-state index is 13.3. The van der Waals surface area contributed by atoms with Crippen LogP contribution in [0, 0.1) is 0 Å². The highest BCUT2D eigenvalue weighted by Gasteiger charge is 2.51. The van der Waals surface area contributed by atoms with Crippen LogP contribution in [0.15, 0.2) is 48.5 Å². The summed E-state index contributed by atoms with van der Waals surface area (Å²) in [5.74, 6) is 0.585. The molecule has 0 spiro atoms. The summed E-state index contributed by atoms with van der Waals surface area (Å²) in [5.41, 5.74) is 1.28. The van der Waals surface area contributed by atoms with Crippen molar-refractivity contribution in [2.75, 3.05) is 13.7 Å². The van der Waals surface area contributed by atoms with Gasteiger partial charge in [0.2, 0.25) is 0 Å². The Hall–Kier alpha value is -3.15. The largest absolute Gasteiger partial charge is 0.497 e. The van der Waals surface area contributed by atoms with Crippen LogP contribution in [-0.2, 0) is 10.3 Å². The smallest absolute Gasteiger partial charge is 0.325 e. The molecule has 2 aromatic rings. The molecule has 0 bridgehead atoms. The lowest BCUT2D eigenvalue weighted by atomic mass is 9.84. The molecule has 6 heteroatoms. The van der Waals surface area contributed by atoms with E-state index in [0.29, 0.717) is 29.2 Å². The predicted molar refractivity (Wildman–Crippen MR) is 122 cm³/mol. The summed E-state index contributed by atoms with van der Waals surface area (Å²) >= 11 is 0. The van der Waals surface area contributed by atoms with Gasteiger partial charge in [0.1, 0.15) is 11.3 Å². The van der Waals surface area contributed by atoms with Crippen LogP contribution in [0.3, 0.4) is 0 Å². The van der Waals surface area contributed by atoms with E-state index >= 15 is 0 Å². The summed E-state index contributed by atoms with van der Waals surface area (Å²) in [7, 11) is 1.57. The number of Topliss-reactive ketones (excluding diaryl/α,β-unsaturated/α-hetero) is 1. The van der Waals surface area contributed by atoms with E-state index in [1.165, 1.54) is 37.7 Å². The zero-order valence-electron chi connectivity index (χ0n) is 18.7. The Balaban J connectivity index is 1.49. The average molecular weight is 435 g/mol. The number of imide groups is 1. The van der Waals surface area contributed by atoms with Crippen LogP contribution >= 0.6 is 0 Å². The van der Waals surface area contributed by atoms with Gasteiger partial charge >= 0.3 is 6.03 Å². The lowest BCUT2D eigenvalue weighted by molar-refractivity contribution is -0.131. The minimum Gasteiger partial charge on any atom is -0.497 e. The molecule has 2 fully saturated rings. The molecule has 0 aromatic heterocycles. The molecule has 1 N–H and O–H groups in total.